The molecule has 0 aliphatic carbocycles. The summed E-state index contributed by atoms with van der Waals surface area (Å²) in [6.45, 7) is 9.58. The molecule has 1 heterocycles. The van der Waals surface area contributed by atoms with E-state index in [0.29, 0.717) is 6.04 Å². The first-order chi connectivity index (χ1) is 9.10. The fraction of sp³-hybridized carbons (Fsp3) is 0.438. The molecule has 1 N–H and O–H groups in total. The molecule has 1 aromatic carbocycles. The van der Waals surface area contributed by atoms with Crippen molar-refractivity contribution in [2.45, 2.75) is 46.7 Å². The van der Waals surface area contributed by atoms with Gasteiger partial charge < -0.3 is 5.32 Å². The predicted molar refractivity (Wildman–Crippen MR) is 82.7 cm³/mol. The Kier molecular flexibility index (Phi) is 4.72. The van der Waals surface area contributed by atoms with Crippen molar-refractivity contribution in [3.8, 4) is 0 Å². The van der Waals surface area contributed by atoms with Gasteiger partial charge in [-0.3, -0.25) is 0 Å². The molecule has 19 heavy (non-hydrogen) atoms. The van der Waals surface area contributed by atoms with Gasteiger partial charge in [0.2, 0.25) is 0 Å². The summed E-state index contributed by atoms with van der Waals surface area (Å²) in [7, 11) is 0. The zero-order valence-electron chi connectivity index (χ0n) is 12.2. The molecule has 1 atom stereocenters. The van der Waals surface area contributed by atoms with Crippen molar-refractivity contribution >= 4 is 11.3 Å². The Bertz CT molecular complexity index is 545. The molecule has 2 nitrogen and oxygen atoms in total. The van der Waals surface area contributed by atoms with Crippen LogP contribution in [0.3, 0.4) is 0 Å². The monoisotopic (exact) mass is 274 g/mol. The SMILES string of the molecule is CCc1ncc(CNC(C)c2ccc(C)cc2C)s1. The van der Waals surface area contributed by atoms with Gasteiger partial charge in [0.1, 0.15) is 0 Å². The van der Waals surface area contributed by atoms with E-state index in [2.05, 4.69) is 56.2 Å². The molecule has 0 aliphatic rings. The topological polar surface area (TPSA) is 24.9 Å². The van der Waals surface area contributed by atoms with E-state index in [1.807, 2.05) is 6.20 Å². The number of rotatable bonds is 5. The van der Waals surface area contributed by atoms with Gasteiger partial charge in [-0.2, -0.15) is 0 Å². The van der Waals surface area contributed by atoms with Crippen molar-refractivity contribution in [3.63, 3.8) is 0 Å². The Labute approximate surface area is 119 Å². The second-order valence-corrected chi connectivity index (χ2v) is 6.24. The molecular formula is C16H22N2S. The van der Waals surface area contributed by atoms with Gasteiger partial charge in [0.25, 0.3) is 0 Å². The Balaban J connectivity index is 1.98. The van der Waals surface area contributed by atoms with Gasteiger partial charge in [-0.1, -0.05) is 30.7 Å². The van der Waals surface area contributed by atoms with Crippen molar-refractivity contribution in [3.05, 3.63) is 51.0 Å². The molecule has 1 aromatic heterocycles. The zero-order valence-corrected chi connectivity index (χ0v) is 13.0. The van der Waals surface area contributed by atoms with Crippen LogP contribution in [0.4, 0.5) is 0 Å². The minimum absolute atomic E-state index is 0.368. The van der Waals surface area contributed by atoms with Crippen molar-refractivity contribution in [2.75, 3.05) is 0 Å². The highest BCUT2D eigenvalue weighted by Crippen LogP contribution is 2.20. The summed E-state index contributed by atoms with van der Waals surface area (Å²) in [6.07, 6.45) is 3.02. The minimum atomic E-state index is 0.368. The third-order valence-electron chi connectivity index (χ3n) is 3.38. The van der Waals surface area contributed by atoms with Gasteiger partial charge in [-0.05, 0) is 38.3 Å². The molecule has 0 spiro atoms. The number of aryl methyl sites for hydroxylation is 3. The van der Waals surface area contributed by atoms with Gasteiger partial charge in [-0.15, -0.1) is 11.3 Å². The molecule has 0 saturated carbocycles. The first-order valence-electron chi connectivity index (χ1n) is 6.84. The van der Waals surface area contributed by atoms with Crippen LogP contribution in [0.2, 0.25) is 0 Å². The van der Waals surface area contributed by atoms with E-state index in [1.165, 1.54) is 26.6 Å². The van der Waals surface area contributed by atoms with Crippen LogP contribution in [0.1, 0.15) is 46.5 Å². The summed E-state index contributed by atoms with van der Waals surface area (Å²) in [5, 5.41) is 4.80. The van der Waals surface area contributed by atoms with Crippen LogP contribution in [0.15, 0.2) is 24.4 Å². The fourth-order valence-electron chi connectivity index (χ4n) is 2.27. The van der Waals surface area contributed by atoms with E-state index >= 15 is 0 Å². The maximum Gasteiger partial charge on any atom is 0.0925 e. The first-order valence-corrected chi connectivity index (χ1v) is 7.66. The lowest BCUT2D eigenvalue weighted by molar-refractivity contribution is 0.576. The smallest absolute Gasteiger partial charge is 0.0925 e. The summed E-state index contributed by atoms with van der Waals surface area (Å²) in [4.78, 5) is 5.71. The average Bonchev–Trinajstić information content (AvgIpc) is 2.84. The zero-order chi connectivity index (χ0) is 13.8. The second kappa shape index (κ2) is 6.31. The van der Waals surface area contributed by atoms with Crippen LogP contribution in [0.5, 0.6) is 0 Å². The van der Waals surface area contributed by atoms with Crippen LogP contribution < -0.4 is 5.32 Å². The highest BCUT2D eigenvalue weighted by Gasteiger charge is 2.09. The van der Waals surface area contributed by atoms with Crippen molar-refractivity contribution in [1.29, 1.82) is 0 Å². The lowest BCUT2D eigenvalue weighted by atomic mass is 10.0. The van der Waals surface area contributed by atoms with Crippen molar-refractivity contribution in [2.24, 2.45) is 0 Å². The van der Waals surface area contributed by atoms with Gasteiger partial charge in [-0.25, -0.2) is 4.98 Å². The minimum Gasteiger partial charge on any atom is -0.305 e. The quantitative estimate of drug-likeness (QED) is 0.885. The van der Waals surface area contributed by atoms with E-state index in [4.69, 9.17) is 0 Å². The fourth-order valence-corrected chi connectivity index (χ4v) is 3.08. The molecule has 1 unspecified atom stereocenters. The average molecular weight is 274 g/mol. The Morgan fingerprint density at radius 2 is 2.11 bits per heavy atom. The Hall–Kier alpha value is -1.19. The Morgan fingerprint density at radius 1 is 1.32 bits per heavy atom. The number of nitrogens with zero attached hydrogens (tertiary/aromatic N) is 1. The van der Waals surface area contributed by atoms with Crippen LogP contribution in [0, 0.1) is 13.8 Å². The summed E-state index contributed by atoms with van der Waals surface area (Å²) < 4.78 is 0. The molecule has 2 rings (SSSR count). The van der Waals surface area contributed by atoms with Gasteiger partial charge in [0.15, 0.2) is 0 Å². The van der Waals surface area contributed by atoms with Gasteiger partial charge in [0.05, 0.1) is 5.01 Å². The lowest BCUT2D eigenvalue weighted by Crippen LogP contribution is -2.18. The molecule has 2 aromatic rings. The van der Waals surface area contributed by atoms with Crippen molar-refractivity contribution < 1.29 is 0 Å². The molecule has 0 saturated heterocycles. The van der Waals surface area contributed by atoms with E-state index in [0.717, 1.165) is 13.0 Å². The van der Waals surface area contributed by atoms with Gasteiger partial charge in [0, 0.05) is 23.7 Å². The van der Waals surface area contributed by atoms with Crippen LogP contribution in [-0.2, 0) is 13.0 Å². The highest BCUT2D eigenvalue weighted by molar-refractivity contribution is 7.11. The third-order valence-corrected chi connectivity index (χ3v) is 4.52. The van der Waals surface area contributed by atoms with E-state index in [1.54, 1.807) is 11.3 Å². The van der Waals surface area contributed by atoms with E-state index in [9.17, 15) is 0 Å². The summed E-state index contributed by atoms with van der Waals surface area (Å²) >= 11 is 1.80. The molecule has 3 heteroatoms. The molecule has 0 radical (unpaired) electrons. The molecule has 0 bridgehead atoms. The predicted octanol–water partition coefficient (Wildman–Crippen LogP) is 4.17. The lowest BCUT2D eigenvalue weighted by Gasteiger charge is -2.16. The highest BCUT2D eigenvalue weighted by atomic mass is 32.1. The normalized spacial score (nSPS) is 12.6. The largest absolute Gasteiger partial charge is 0.305 e. The standard InChI is InChI=1S/C16H22N2S/c1-5-16-18-10-14(19-16)9-17-13(4)15-7-6-11(2)8-12(15)3/h6-8,10,13,17H,5,9H2,1-4H3. The molecule has 0 aliphatic heterocycles. The number of benzene rings is 1. The summed E-state index contributed by atoms with van der Waals surface area (Å²) in [5.74, 6) is 0. The van der Waals surface area contributed by atoms with Crippen LogP contribution in [0.25, 0.3) is 0 Å². The van der Waals surface area contributed by atoms with Crippen LogP contribution >= 0.6 is 11.3 Å². The van der Waals surface area contributed by atoms with E-state index in [-0.39, 0.29) is 0 Å². The molecule has 0 fully saturated rings. The summed E-state index contributed by atoms with van der Waals surface area (Å²) in [6, 6.07) is 7.03. The second-order valence-electron chi connectivity index (χ2n) is 5.04. The Morgan fingerprint density at radius 3 is 2.74 bits per heavy atom. The number of hydrogen-bond acceptors (Lipinski definition) is 3. The third kappa shape index (κ3) is 3.64. The number of thiazole rings is 1. The maximum atomic E-state index is 4.39. The van der Waals surface area contributed by atoms with Gasteiger partial charge >= 0.3 is 0 Å². The number of aromatic nitrogens is 1. The number of nitrogens with one attached hydrogen (secondary N) is 1. The molecule has 102 valence electrons. The first kappa shape index (κ1) is 14.2. The number of hydrogen-bond donors (Lipinski definition) is 1. The molecule has 0 amide bonds. The molecular weight excluding hydrogens is 252 g/mol. The van der Waals surface area contributed by atoms with E-state index < -0.39 is 0 Å². The maximum absolute atomic E-state index is 4.39. The van der Waals surface area contributed by atoms with Crippen LogP contribution in [-0.4, -0.2) is 4.98 Å². The summed E-state index contributed by atoms with van der Waals surface area (Å²) in [5.41, 5.74) is 4.06. The van der Waals surface area contributed by atoms with Crippen molar-refractivity contribution in [1.82, 2.24) is 10.3 Å².